The van der Waals surface area contributed by atoms with Gasteiger partial charge in [0.15, 0.2) is 0 Å². The quantitative estimate of drug-likeness (QED) is 0.490. The Labute approximate surface area is 138 Å². The fourth-order valence-corrected chi connectivity index (χ4v) is 3.56. The zero-order valence-corrected chi connectivity index (χ0v) is 13.0. The summed E-state index contributed by atoms with van der Waals surface area (Å²) in [5.74, 6) is 0. The molecule has 0 spiro atoms. The van der Waals surface area contributed by atoms with E-state index in [0.29, 0.717) is 5.56 Å². The number of nitriles is 1. The first-order valence-electron chi connectivity index (χ1n) is 7.30. The van der Waals surface area contributed by atoms with Crippen molar-refractivity contribution in [3.8, 4) is 27.8 Å². The minimum absolute atomic E-state index is 0.674. The third-order valence-corrected chi connectivity index (χ3v) is 4.81. The van der Waals surface area contributed by atoms with Gasteiger partial charge >= 0.3 is 0 Å². The normalized spacial score (nSPS) is 10.6. The Balaban J connectivity index is 1.80. The molecule has 23 heavy (non-hydrogen) atoms. The van der Waals surface area contributed by atoms with E-state index in [4.69, 9.17) is 10.2 Å². The van der Waals surface area contributed by atoms with E-state index in [2.05, 4.69) is 30.3 Å². The molecule has 0 N–H and O–H groups in total. The minimum atomic E-state index is 0.674. The van der Waals surface area contributed by atoms with Gasteiger partial charge in [-0.05, 0) is 41.5 Å². The average molecular weight is 312 g/mol. The van der Waals surface area contributed by atoms with Gasteiger partial charge in [-0.2, -0.15) is 5.26 Å². The molecule has 0 aliphatic heterocycles. The summed E-state index contributed by atoms with van der Waals surface area (Å²) in [4.78, 5) is 4.72. The molecule has 0 fully saturated rings. The highest BCUT2D eigenvalue weighted by atomic mass is 32.1. The molecule has 0 saturated heterocycles. The molecule has 0 aliphatic carbocycles. The smallest absolute Gasteiger partial charge is 0.124 e. The van der Waals surface area contributed by atoms with Crippen LogP contribution in [0.25, 0.3) is 31.9 Å². The molecule has 0 bridgehead atoms. The molecular weight excluding hydrogens is 300 g/mol. The Morgan fingerprint density at radius 2 is 1.52 bits per heavy atom. The maximum absolute atomic E-state index is 9.06. The summed E-state index contributed by atoms with van der Waals surface area (Å²) in [6.45, 7) is 0. The lowest BCUT2D eigenvalue weighted by atomic mass is 10.0. The number of hydrogen-bond acceptors (Lipinski definition) is 3. The first kappa shape index (κ1) is 13.7. The Morgan fingerprint density at radius 3 is 2.35 bits per heavy atom. The van der Waals surface area contributed by atoms with Crippen LogP contribution in [0.4, 0.5) is 0 Å². The number of hydrogen-bond donors (Lipinski definition) is 0. The number of thiazole rings is 1. The van der Waals surface area contributed by atoms with E-state index in [1.54, 1.807) is 11.3 Å². The molecule has 4 aromatic rings. The molecule has 3 heteroatoms. The van der Waals surface area contributed by atoms with E-state index >= 15 is 0 Å². The van der Waals surface area contributed by atoms with Crippen LogP contribution in [-0.2, 0) is 0 Å². The first-order valence-corrected chi connectivity index (χ1v) is 8.12. The predicted molar refractivity (Wildman–Crippen MR) is 95.2 cm³/mol. The molecule has 0 radical (unpaired) electrons. The first-order chi connectivity index (χ1) is 11.3. The van der Waals surface area contributed by atoms with Crippen LogP contribution in [0.1, 0.15) is 5.56 Å². The Kier molecular flexibility index (Phi) is 3.38. The van der Waals surface area contributed by atoms with Crippen LogP contribution in [-0.4, -0.2) is 4.98 Å². The molecule has 0 atom stereocenters. The zero-order chi connectivity index (χ0) is 15.6. The van der Waals surface area contributed by atoms with Gasteiger partial charge in [0, 0.05) is 5.56 Å². The monoisotopic (exact) mass is 312 g/mol. The molecule has 0 saturated carbocycles. The second-order valence-electron chi connectivity index (χ2n) is 5.26. The lowest BCUT2D eigenvalue weighted by Gasteiger charge is -2.04. The van der Waals surface area contributed by atoms with Gasteiger partial charge in [-0.25, -0.2) is 4.98 Å². The van der Waals surface area contributed by atoms with Crippen LogP contribution in [0.5, 0.6) is 0 Å². The lowest BCUT2D eigenvalue weighted by Crippen LogP contribution is -1.82. The van der Waals surface area contributed by atoms with Gasteiger partial charge < -0.3 is 0 Å². The molecule has 3 aromatic carbocycles. The van der Waals surface area contributed by atoms with Crippen LogP contribution in [0.15, 0.2) is 72.8 Å². The molecule has 0 unspecified atom stereocenters. The second-order valence-corrected chi connectivity index (χ2v) is 6.29. The highest BCUT2D eigenvalue weighted by Gasteiger charge is 2.07. The van der Waals surface area contributed by atoms with Crippen molar-refractivity contribution in [1.29, 1.82) is 5.26 Å². The molecular formula is C20H12N2S. The summed E-state index contributed by atoms with van der Waals surface area (Å²) in [6, 6.07) is 26.4. The third-order valence-electron chi connectivity index (χ3n) is 3.73. The number of aromatic nitrogens is 1. The standard InChI is InChI=1S/C20H12N2S/c21-13-14-5-3-6-15(11-14)16-7-4-8-17(12-16)20-22-18-9-1-2-10-19(18)23-20/h1-12H. The largest absolute Gasteiger partial charge is 0.236 e. The van der Waals surface area contributed by atoms with Crippen LogP contribution in [0.2, 0.25) is 0 Å². The van der Waals surface area contributed by atoms with Gasteiger partial charge in [0.25, 0.3) is 0 Å². The van der Waals surface area contributed by atoms with Crippen molar-refractivity contribution in [2.24, 2.45) is 0 Å². The van der Waals surface area contributed by atoms with Crippen molar-refractivity contribution in [3.63, 3.8) is 0 Å². The Morgan fingerprint density at radius 1 is 0.783 bits per heavy atom. The molecule has 0 aliphatic rings. The Hall–Kier alpha value is -2.96. The summed E-state index contributed by atoms with van der Waals surface area (Å²) < 4.78 is 1.19. The van der Waals surface area contributed by atoms with Crippen molar-refractivity contribution in [2.75, 3.05) is 0 Å². The maximum atomic E-state index is 9.06. The van der Waals surface area contributed by atoms with Gasteiger partial charge in [-0.3, -0.25) is 0 Å². The number of fused-ring (bicyclic) bond motifs is 1. The predicted octanol–water partition coefficient (Wildman–Crippen LogP) is 5.50. The topological polar surface area (TPSA) is 36.7 Å². The number of nitrogens with zero attached hydrogens (tertiary/aromatic N) is 2. The lowest BCUT2D eigenvalue weighted by molar-refractivity contribution is 1.47. The van der Waals surface area contributed by atoms with E-state index in [9.17, 15) is 0 Å². The fraction of sp³-hybridized carbons (Fsp3) is 0. The van der Waals surface area contributed by atoms with Crippen molar-refractivity contribution >= 4 is 21.6 Å². The highest BCUT2D eigenvalue weighted by Crippen LogP contribution is 2.32. The van der Waals surface area contributed by atoms with E-state index in [-0.39, 0.29) is 0 Å². The van der Waals surface area contributed by atoms with Crippen LogP contribution in [0, 0.1) is 11.3 Å². The second kappa shape index (κ2) is 5.68. The van der Waals surface area contributed by atoms with Gasteiger partial charge in [0.1, 0.15) is 5.01 Å². The fourth-order valence-electron chi connectivity index (χ4n) is 2.60. The van der Waals surface area contributed by atoms with Gasteiger partial charge in [0.2, 0.25) is 0 Å². The molecule has 4 rings (SSSR count). The van der Waals surface area contributed by atoms with E-state index < -0.39 is 0 Å². The van der Waals surface area contributed by atoms with Gasteiger partial charge in [0.05, 0.1) is 21.8 Å². The summed E-state index contributed by atoms with van der Waals surface area (Å²) in [7, 11) is 0. The Bertz CT molecular complexity index is 1010. The third kappa shape index (κ3) is 2.61. The minimum Gasteiger partial charge on any atom is -0.236 e. The average Bonchev–Trinajstić information content (AvgIpc) is 3.06. The van der Waals surface area contributed by atoms with Crippen molar-refractivity contribution in [2.45, 2.75) is 0 Å². The van der Waals surface area contributed by atoms with Crippen LogP contribution >= 0.6 is 11.3 Å². The number of benzene rings is 3. The molecule has 1 aromatic heterocycles. The SMILES string of the molecule is N#Cc1cccc(-c2cccc(-c3nc4ccccc4s3)c2)c1. The van der Waals surface area contributed by atoms with Gasteiger partial charge in [-0.1, -0.05) is 42.5 Å². The molecule has 0 amide bonds. The molecule has 1 heterocycles. The molecule has 2 nitrogen and oxygen atoms in total. The summed E-state index contributed by atoms with van der Waals surface area (Å²) in [5, 5.41) is 10.1. The number of rotatable bonds is 2. The van der Waals surface area contributed by atoms with Crippen LogP contribution in [0.3, 0.4) is 0 Å². The highest BCUT2D eigenvalue weighted by molar-refractivity contribution is 7.21. The zero-order valence-electron chi connectivity index (χ0n) is 12.2. The maximum Gasteiger partial charge on any atom is 0.124 e. The van der Waals surface area contributed by atoms with Gasteiger partial charge in [-0.15, -0.1) is 11.3 Å². The van der Waals surface area contributed by atoms with E-state index in [0.717, 1.165) is 27.2 Å². The van der Waals surface area contributed by atoms with E-state index in [1.807, 2.05) is 48.5 Å². The van der Waals surface area contributed by atoms with Crippen molar-refractivity contribution < 1.29 is 0 Å². The summed E-state index contributed by atoms with van der Waals surface area (Å²) >= 11 is 1.70. The summed E-state index contributed by atoms with van der Waals surface area (Å²) in [6.07, 6.45) is 0. The molecule has 108 valence electrons. The van der Waals surface area contributed by atoms with Crippen molar-refractivity contribution in [1.82, 2.24) is 4.98 Å². The van der Waals surface area contributed by atoms with Crippen molar-refractivity contribution in [3.05, 3.63) is 78.4 Å². The summed E-state index contributed by atoms with van der Waals surface area (Å²) in [5.41, 5.74) is 4.95. The van der Waals surface area contributed by atoms with E-state index in [1.165, 1.54) is 4.70 Å². The number of para-hydroxylation sites is 1. The van der Waals surface area contributed by atoms with Crippen LogP contribution < -0.4 is 0 Å².